The summed E-state index contributed by atoms with van der Waals surface area (Å²) in [4.78, 5) is 17.8. The first-order valence-electron chi connectivity index (χ1n) is 9.14. The van der Waals surface area contributed by atoms with Crippen molar-refractivity contribution in [3.8, 4) is 0 Å². The highest BCUT2D eigenvalue weighted by Gasteiger charge is 2.29. The lowest BCUT2D eigenvalue weighted by Gasteiger charge is -2.36. The van der Waals surface area contributed by atoms with Gasteiger partial charge >= 0.3 is 0 Å². The van der Waals surface area contributed by atoms with E-state index in [4.69, 9.17) is 5.73 Å². The number of hydrogen-bond acceptors (Lipinski definition) is 7. The Hall–Kier alpha value is -2.16. The fraction of sp³-hybridized carbons (Fsp3) is 0.444. The van der Waals surface area contributed by atoms with Crippen LogP contribution in [0.5, 0.6) is 0 Å². The third-order valence-corrected chi connectivity index (χ3v) is 5.44. The van der Waals surface area contributed by atoms with Crippen molar-refractivity contribution < 1.29 is 0 Å². The Bertz CT molecular complexity index is 919. The first-order chi connectivity index (χ1) is 12.8. The van der Waals surface area contributed by atoms with Crippen molar-refractivity contribution in [3.05, 3.63) is 42.6 Å². The number of piperazine rings is 1. The van der Waals surface area contributed by atoms with Crippen molar-refractivity contribution in [2.45, 2.75) is 24.8 Å². The van der Waals surface area contributed by atoms with Crippen LogP contribution in [0.3, 0.4) is 0 Å². The third-order valence-electron chi connectivity index (χ3n) is 5.44. The number of fused-ring (bicyclic) bond motifs is 1. The molecule has 28 heavy (non-hydrogen) atoms. The largest absolute Gasteiger partial charge is 0.353 e. The Morgan fingerprint density at radius 1 is 0.893 bits per heavy atom. The molecule has 0 aromatic carbocycles. The lowest BCUT2D eigenvalue weighted by atomic mass is 9.78. The number of anilines is 2. The van der Waals surface area contributed by atoms with E-state index in [0.29, 0.717) is 12.0 Å². The minimum absolute atomic E-state index is 0. The standard InChI is InChI=1S/C18H22N8.2ClH/c19-14-9-13(10-14)15-11-18(22-12-21-15)25-7-5-24(6-8-25)17-2-1-16-20-3-4-26(16)23-17;;/h1-4,11-14H,5-10,19H2;2*1H. The van der Waals surface area contributed by atoms with Gasteiger partial charge in [0.1, 0.15) is 18.0 Å². The van der Waals surface area contributed by atoms with Crippen LogP contribution in [-0.4, -0.2) is 56.8 Å². The molecule has 10 heteroatoms. The molecule has 0 bridgehead atoms. The second-order valence-electron chi connectivity index (χ2n) is 7.13. The highest BCUT2D eigenvalue weighted by Crippen LogP contribution is 2.35. The zero-order chi connectivity index (χ0) is 17.5. The van der Waals surface area contributed by atoms with Crippen molar-refractivity contribution in [1.29, 1.82) is 0 Å². The molecule has 1 saturated carbocycles. The van der Waals surface area contributed by atoms with E-state index in [9.17, 15) is 0 Å². The van der Waals surface area contributed by atoms with Crippen LogP contribution in [0.25, 0.3) is 5.65 Å². The van der Waals surface area contributed by atoms with Crippen LogP contribution in [0.2, 0.25) is 0 Å². The monoisotopic (exact) mass is 422 g/mol. The molecule has 0 radical (unpaired) electrons. The second-order valence-corrected chi connectivity index (χ2v) is 7.13. The first-order valence-corrected chi connectivity index (χ1v) is 9.14. The molecule has 150 valence electrons. The summed E-state index contributed by atoms with van der Waals surface area (Å²) in [6, 6.07) is 6.53. The zero-order valence-electron chi connectivity index (χ0n) is 15.4. The van der Waals surface area contributed by atoms with Crippen LogP contribution in [-0.2, 0) is 0 Å². The number of nitrogens with zero attached hydrogens (tertiary/aromatic N) is 7. The van der Waals surface area contributed by atoms with Gasteiger partial charge in [-0.15, -0.1) is 29.9 Å². The number of imidazole rings is 1. The highest BCUT2D eigenvalue weighted by atomic mass is 35.5. The van der Waals surface area contributed by atoms with Crippen molar-refractivity contribution in [3.63, 3.8) is 0 Å². The van der Waals surface area contributed by atoms with E-state index in [-0.39, 0.29) is 24.8 Å². The molecule has 3 aromatic rings. The summed E-state index contributed by atoms with van der Waals surface area (Å²) in [7, 11) is 0. The Labute approximate surface area is 176 Å². The fourth-order valence-corrected chi connectivity index (χ4v) is 3.80. The first kappa shape index (κ1) is 20.6. The number of halogens is 2. The topological polar surface area (TPSA) is 88.5 Å². The molecular formula is C18H24Cl2N8. The zero-order valence-corrected chi connectivity index (χ0v) is 17.0. The summed E-state index contributed by atoms with van der Waals surface area (Å²) in [5, 5.41) is 4.64. The van der Waals surface area contributed by atoms with Crippen molar-refractivity contribution in [2.24, 2.45) is 5.73 Å². The average molecular weight is 423 g/mol. The van der Waals surface area contributed by atoms with Crippen molar-refractivity contribution in [1.82, 2.24) is 24.6 Å². The van der Waals surface area contributed by atoms with Crippen LogP contribution >= 0.6 is 24.8 Å². The van der Waals surface area contributed by atoms with Gasteiger partial charge in [-0.1, -0.05) is 0 Å². The molecule has 1 saturated heterocycles. The van der Waals surface area contributed by atoms with Crippen LogP contribution in [0.1, 0.15) is 24.5 Å². The second kappa shape index (κ2) is 8.46. The van der Waals surface area contributed by atoms with Gasteiger partial charge in [-0.3, -0.25) is 0 Å². The van der Waals surface area contributed by atoms with E-state index >= 15 is 0 Å². The molecule has 0 amide bonds. The minimum Gasteiger partial charge on any atom is -0.353 e. The number of nitrogens with two attached hydrogens (primary N) is 1. The SMILES string of the molecule is Cl.Cl.NC1CC(c2cc(N3CCN(c4ccc5nccn5n4)CC3)ncn2)C1. The molecule has 5 rings (SSSR count). The lowest BCUT2D eigenvalue weighted by molar-refractivity contribution is 0.345. The minimum atomic E-state index is 0. The van der Waals surface area contributed by atoms with Gasteiger partial charge in [0.2, 0.25) is 0 Å². The van der Waals surface area contributed by atoms with Gasteiger partial charge < -0.3 is 15.5 Å². The maximum absolute atomic E-state index is 5.91. The van der Waals surface area contributed by atoms with Crippen LogP contribution < -0.4 is 15.5 Å². The van der Waals surface area contributed by atoms with Crippen molar-refractivity contribution in [2.75, 3.05) is 36.0 Å². The quantitative estimate of drug-likeness (QED) is 0.688. The highest BCUT2D eigenvalue weighted by molar-refractivity contribution is 5.85. The number of rotatable bonds is 3. The molecule has 0 unspecified atom stereocenters. The van der Waals surface area contributed by atoms with E-state index in [1.54, 1.807) is 12.5 Å². The Morgan fingerprint density at radius 3 is 2.32 bits per heavy atom. The summed E-state index contributed by atoms with van der Waals surface area (Å²) >= 11 is 0. The average Bonchev–Trinajstić information content (AvgIpc) is 3.13. The van der Waals surface area contributed by atoms with Gasteiger partial charge in [0.15, 0.2) is 5.65 Å². The molecule has 1 aliphatic carbocycles. The van der Waals surface area contributed by atoms with Crippen LogP contribution in [0.15, 0.2) is 36.9 Å². The molecule has 2 N–H and O–H groups in total. The Morgan fingerprint density at radius 2 is 1.61 bits per heavy atom. The molecular weight excluding hydrogens is 399 g/mol. The normalized spacial score (nSPS) is 21.6. The predicted octanol–water partition coefficient (Wildman–Crippen LogP) is 1.89. The number of hydrogen-bond donors (Lipinski definition) is 1. The Kier molecular flexibility index (Phi) is 6.22. The van der Waals surface area contributed by atoms with Gasteiger partial charge in [0.05, 0.1) is 0 Å². The Balaban J connectivity index is 0.00000112. The van der Waals surface area contributed by atoms with E-state index in [2.05, 4.69) is 35.9 Å². The van der Waals surface area contributed by atoms with E-state index in [0.717, 1.165) is 62.0 Å². The maximum Gasteiger partial charge on any atom is 0.153 e. The van der Waals surface area contributed by atoms with Gasteiger partial charge in [0, 0.05) is 62.3 Å². The van der Waals surface area contributed by atoms with Gasteiger partial charge in [-0.05, 0) is 25.0 Å². The van der Waals surface area contributed by atoms with E-state index in [1.165, 1.54) is 0 Å². The molecule has 1 aliphatic heterocycles. The fourth-order valence-electron chi connectivity index (χ4n) is 3.80. The number of aromatic nitrogens is 5. The van der Waals surface area contributed by atoms with Crippen molar-refractivity contribution >= 4 is 42.1 Å². The summed E-state index contributed by atoms with van der Waals surface area (Å²) in [5.74, 6) is 2.51. The van der Waals surface area contributed by atoms with E-state index < -0.39 is 0 Å². The lowest BCUT2D eigenvalue weighted by Crippen LogP contribution is -2.47. The molecule has 3 aromatic heterocycles. The molecule has 8 nitrogen and oxygen atoms in total. The molecule has 0 spiro atoms. The van der Waals surface area contributed by atoms with Gasteiger partial charge in [-0.2, -0.15) is 0 Å². The molecule has 2 fully saturated rings. The van der Waals surface area contributed by atoms with Gasteiger partial charge in [-0.25, -0.2) is 19.5 Å². The van der Waals surface area contributed by atoms with E-state index in [1.807, 2.05) is 22.8 Å². The summed E-state index contributed by atoms with van der Waals surface area (Å²) in [6.07, 6.45) is 7.41. The van der Waals surface area contributed by atoms with Gasteiger partial charge in [0.25, 0.3) is 0 Å². The predicted molar refractivity (Wildman–Crippen MR) is 114 cm³/mol. The molecule has 4 heterocycles. The van der Waals surface area contributed by atoms with Crippen LogP contribution in [0.4, 0.5) is 11.6 Å². The summed E-state index contributed by atoms with van der Waals surface area (Å²) < 4.78 is 1.82. The third kappa shape index (κ3) is 3.85. The maximum atomic E-state index is 5.91. The molecule has 0 atom stereocenters. The summed E-state index contributed by atoms with van der Waals surface area (Å²) in [6.45, 7) is 3.68. The van der Waals surface area contributed by atoms with Crippen LogP contribution in [0, 0.1) is 0 Å². The molecule has 2 aliphatic rings. The smallest absolute Gasteiger partial charge is 0.153 e. The summed E-state index contributed by atoms with van der Waals surface area (Å²) in [5.41, 5.74) is 7.92.